The number of nitrogens with zero attached hydrogens (tertiary/aromatic N) is 4. The highest BCUT2D eigenvalue weighted by molar-refractivity contribution is 6.11. The molecule has 2 aromatic carbocycles. The van der Waals surface area contributed by atoms with Crippen molar-refractivity contribution in [2.24, 2.45) is 0 Å². The van der Waals surface area contributed by atoms with Crippen LogP contribution in [0, 0.1) is 22.9 Å². The minimum absolute atomic E-state index is 0.0986. The summed E-state index contributed by atoms with van der Waals surface area (Å²) < 4.78 is 14.5. The Hall–Kier alpha value is -4.14. The number of phenolic OH excluding ortho intramolecular Hbond substituents is 1. The van der Waals surface area contributed by atoms with Crippen molar-refractivity contribution in [3.63, 3.8) is 0 Å². The minimum atomic E-state index is -0.632. The lowest BCUT2D eigenvalue weighted by Gasteiger charge is -2.07. The summed E-state index contributed by atoms with van der Waals surface area (Å²) in [4.78, 5) is 27.5. The van der Waals surface area contributed by atoms with E-state index in [0.29, 0.717) is 16.9 Å². The van der Waals surface area contributed by atoms with Crippen LogP contribution in [-0.4, -0.2) is 30.4 Å². The number of ketones is 1. The molecule has 9 heteroatoms. The fraction of sp³-hybridized carbons (Fsp3) is 0.0500. The Labute approximate surface area is 163 Å². The van der Waals surface area contributed by atoms with Gasteiger partial charge in [0.25, 0.3) is 5.69 Å². The molecule has 29 heavy (non-hydrogen) atoms. The molecule has 0 spiro atoms. The Morgan fingerprint density at radius 2 is 1.93 bits per heavy atom. The monoisotopic (exact) mass is 392 g/mol. The van der Waals surface area contributed by atoms with Crippen LogP contribution in [-0.2, 0) is 0 Å². The number of non-ortho nitro benzene ring substituents is 1. The Morgan fingerprint density at radius 1 is 1.21 bits per heavy atom. The molecule has 2 aromatic heterocycles. The van der Waals surface area contributed by atoms with Gasteiger partial charge in [-0.15, -0.1) is 0 Å². The van der Waals surface area contributed by atoms with Crippen LogP contribution in [0.4, 0.5) is 10.1 Å². The number of fused-ring (bicyclic) bond motifs is 1. The summed E-state index contributed by atoms with van der Waals surface area (Å²) in [7, 11) is 0. The maximum Gasteiger partial charge on any atom is 0.270 e. The molecule has 0 fully saturated rings. The average Bonchev–Trinajstić information content (AvgIpc) is 3.13. The van der Waals surface area contributed by atoms with Crippen molar-refractivity contribution < 1.29 is 19.2 Å². The molecule has 4 rings (SSSR count). The summed E-state index contributed by atoms with van der Waals surface area (Å²) in [5.41, 5.74) is 1.50. The Balaban J connectivity index is 1.76. The van der Waals surface area contributed by atoms with Crippen molar-refractivity contribution in [3.8, 4) is 17.0 Å². The molecule has 4 aromatic rings. The summed E-state index contributed by atoms with van der Waals surface area (Å²) in [6, 6.07) is 9.68. The SMILES string of the molecule is Cc1cc([N+](=O)[O-])cc(C(=O)c2cnc3cc(-c4ccc(F)cc4)nn3c2)c1O. The second kappa shape index (κ2) is 6.79. The summed E-state index contributed by atoms with van der Waals surface area (Å²) in [5, 5.41) is 25.6. The third-order valence-corrected chi connectivity index (χ3v) is 4.46. The van der Waals surface area contributed by atoms with Gasteiger partial charge in [0.15, 0.2) is 11.4 Å². The molecule has 0 aliphatic rings. The van der Waals surface area contributed by atoms with E-state index in [9.17, 15) is 24.4 Å². The molecule has 0 amide bonds. The third kappa shape index (κ3) is 3.29. The van der Waals surface area contributed by atoms with Crippen LogP contribution in [0.1, 0.15) is 21.5 Å². The Morgan fingerprint density at radius 3 is 2.62 bits per heavy atom. The lowest BCUT2D eigenvalue weighted by Crippen LogP contribution is -2.06. The van der Waals surface area contributed by atoms with Gasteiger partial charge >= 0.3 is 0 Å². The molecule has 0 saturated carbocycles. The molecule has 2 heterocycles. The quantitative estimate of drug-likeness (QED) is 0.322. The first kappa shape index (κ1) is 18.2. The van der Waals surface area contributed by atoms with Crippen molar-refractivity contribution in [2.75, 3.05) is 0 Å². The number of hydrogen-bond donors (Lipinski definition) is 1. The minimum Gasteiger partial charge on any atom is -0.507 e. The predicted molar refractivity (Wildman–Crippen MR) is 101 cm³/mol. The first-order chi connectivity index (χ1) is 13.8. The van der Waals surface area contributed by atoms with Crippen LogP contribution in [0.5, 0.6) is 5.75 Å². The number of carbonyl (C=O) groups is 1. The number of benzene rings is 2. The predicted octanol–water partition coefficient (Wildman–Crippen LogP) is 3.69. The van der Waals surface area contributed by atoms with Crippen molar-refractivity contribution in [3.05, 3.63) is 87.5 Å². The number of nitro groups is 1. The van der Waals surface area contributed by atoms with Gasteiger partial charge in [-0.05, 0) is 36.8 Å². The topological polar surface area (TPSA) is 111 Å². The summed E-state index contributed by atoms with van der Waals surface area (Å²) >= 11 is 0. The maximum absolute atomic E-state index is 13.1. The van der Waals surface area contributed by atoms with Gasteiger partial charge in [-0.25, -0.2) is 13.9 Å². The van der Waals surface area contributed by atoms with E-state index in [1.165, 1.54) is 42.0 Å². The van der Waals surface area contributed by atoms with Gasteiger partial charge in [0.2, 0.25) is 0 Å². The van der Waals surface area contributed by atoms with Crippen LogP contribution in [0.3, 0.4) is 0 Å². The smallest absolute Gasteiger partial charge is 0.270 e. The summed E-state index contributed by atoms with van der Waals surface area (Å²) in [5.74, 6) is -1.31. The van der Waals surface area contributed by atoms with E-state index >= 15 is 0 Å². The number of halogens is 1. The Kier molecular flexibility index (Phi) is 4.27. The number of carbonyl (C=O) groups excluding carboxylic acids is 1. The lowest BCUT2D eigenvalue weighted by atomic mass is 10.0. The number of nitro benzene ring substituents is 1. The van der Waals surface area contributed by atoms with Crippen LogP contribution < -0.4 is 0 Å². The largest absolute Gasteiger partial charge is 0.507 e. The number of rotatable bonds is 4. The second-order valence-corrected chi connectivity index (χ2v) is 6.43. The van der Waals surface area contributed by atoms with Crippen molar-refractivity contribution in [1.29, 1.82) is 0 Å². The Bertz CT molecular complexity index is 1280. The third-order valence-electron chi connectivity index (χ3n) is 4.46. The van der Waals surface area contributed by atoms with Crippen LogP contribution in [0.15, 0.2) is 54.9 Å². The fourth-order valence-corrected chi connectivity index (χ4v) is 2.95. The molecular weight excluding hydrogens is 379 g/mol. The summed E-state index contributed by atoms with van der Waals surface area (Å²) in [6.07, 6.45) is 2.73. The zero-order valence-electron chi connectivity index (χ0n) is 15.0. The van der Waals surface area contributed by atoms with E-state index in [4.69, 9.17) is 0 Å². The van der Waals surface area contributed by atoms with Gasteiger partial charge in [0.1, 0.15) is 11.6 Å². The zero-order chi connectivity index (χ0) is 20.7. The average molecular weight is 392 g/mol. The molecule has 0 atom stereocenters. The van der Waals surface area contributed by atoms with E-state index in [0.717, 1.165) is 6.07 Å². The number of hydrogen-bond acceptors (Lipinski definition) is 6. The molecule has 1 N–H and O–H groups in total. The second-order valence-electron chi connectivity index (χ2n) is 6.43. The molecule has 0 aliphatic heterocycles. The lowest BCUT2D eigenvalue weighted by molar-refractivity contribution is -0.384. The standard InChI is InChI=1S/C20H13FN4O4/c1-11-6-15(25(28)29)7-16(19(11)26)20(27)13-9-22-18-8-17(23-24(18)10-13)12-2-4-14(21)5-3-12/h2-10,26H,1H3. The molecular formula is C20H13FN4O4. The van der Waals surface area contributed by atoms with Gasteiger partial charge in [0.05, 0.1) is 21.7 Å². The number of aryl methyl sites for hydroxylation is 1. The van der Waals surface area contributed by atoms with Crippen molar-refractivity contribution in [1.82, 2.24) is 14.6 Å². The van der Waals surface area contributed by atoms with Gasteiger partial charge in [-0.3, -0.25) is 14.9 Å². The fourth-order valence-electron chi connectivity index (χ4n) is 2.95. The van der Waals surface area contributed by atoms with Crippen LogP contribution >= 0.6 is 0 Å². The molecule has 0 aliphatic carbocycles. The van der Waals surface area contributed by atoms with E-state index < -0.39 is 10.7 Å². The number of aromatic hydroxyl groups is 1. The summed E-state index contributed by atoms with van der Waals surface area (Å²) in [6.45, 7) is 1.48. The highest BCUT2D eigenvalue weighted by Crippen LogP contribution is 2.29. The first-order valence-corrected chi connectivity index (χ1v) is 8.47. The van der Waals surface area contributed by atoms with Gasteiger partial charge in [-0.2, -0.15) is 5.10 Å². The highest BCUT2D eigenvalue weighted by atomic mass is 19.1. The first-order valence-electron chi connectivity index (χ1n) is 8.47. The van der Waals surface area contributed by atoms with Crippen LogP contribution in [0.25, 0.3) is 16.9 Å². The van der Waals surface area contributed by atoms with Crippen molar-refractivity contribution >= 4 is 17.1 Å². The van der Waals surface area contributed by atoms with Crippen LogP contribution in [0.2, 0.25) is 0 Å². The molecule has 8 nitrogen and oxygen atoms in total. The van der Waals surface area contributed by atoms with E-state index in [-0.39, 0.29) is 33.9 Å². The zero-order valence-corrected chi connectivity index (χ0v) is 15.0. The van der Waals surface area contributed by atoms with E-state index in [1.54, 1.807) is 18.2 Å². The van der Waals surface area contributed by atoms with Gasteiger partial charge in [0, 0.05) is 36.2 Å². The van der Waals surface area contributed by atoms with Crippen molar-refractivity contribution in [2.45, 2.75) is 6.92 Å². The molecule has 0 saturated heterocycles. The number of aromatic nitrogens is 3. The normalized spacial score (nSPS) is 11.0. The molecule has 0 bridgehead atoms. The number of phenols is 1. The molecule has 0 radical (unpaired) electrons. The van der Waals surface area contributed by atoms with E-state index in [2.05, 4.69) is 10.1 Å². The van der Waals surface area contributed by atoms with E-state index in [1.807, 2.05) is 0 Å². The molecule has 0 unspecified atom stereocenters. The maximum atomic E-state index is 13.1. The van der Waals surface area contributed by atoms with Gasteiger partial charge < -0.3 is 5.11 Å². The highest BCUT2D eigenvalue weighted by Gasteiger charge is 2.21. The van der Waals surface area contributed by atoms with Gasteiger partial charge in [-0.1, -0.05) is 0 Å². The molecule has 144 valence electrons.